The van der Waals surface area contributed by atoms with Crippen LogP contribution in [0.5, 0.6) is 0 Å². The molecule has 1 aliphatic carbocycles. The maximum Gasteiger partial charge on any atom is 0.325 e. The summed E-state index contributed by atoms with van der Waals surface area (Å²) in [5.74, 6) is -1.44. The molecule has 3 aromatic rings. The Balaban J connectivity index is 1.35. The van der Waals surface area contributed by atoms with Crippen LogP contribution in [0, 0.1) is 0 Å². The van der Waals surface area contributed by atoms with Gasteiger partial charge in [-0.2, -0.15) is 0 Å². The van der Waals surface area contributed by atoms with E-state index in [1.807, 2.05) is 42.5 Å². The van der Waals surface area contributed by atoms with Crippen molar-refractivity contribution in [1.82, 2.24) is 5.32 Å². The number of hydrogen-bond donors (Lipinski definition) is 2. The summed E-state index contributed by atoms with van der Waals surface area (Å²) in [7, 11) is 0. The number of fused-ring (bicyclic) bond motifs is 4. The first kappa shape index (κ1) is 18.6. The van der Waals surface area contributed by atoms with Crippen molar-refractivity contribution in [2.45, 2.75) is 24.4 Å². The molecule has 5 nitrogen and oxygen atoms in total. The molecule has 5 rings (SSSR count). The molecule has 0 unspecified atom stereocenters. The average molecular weight is 399 g/mol. The number of carboxylic acids is 1. The van der Waals surface area contributed by atoms with Gasteiger partial charge in [-0.1, -0.05) is 72.8 Å². The number of ether oxygens (including phenoxy) is 1. The summed E-state index contributed by atoms with van der Waals surface area (Å²) < 4.78 is 5.73. The number of carboxylic acid groups (broad SMARTS) is 1. The van der Waals surface area contributed by atoms with Gasteiger partial charge in [0.05, 0.1) is 0 Å². The number of carbonyl (C=O) groups excluding carboxylic acids is 1. The van der Waals surface area contributed by atoms with E-state index in [0.29, 0.717) is 12.0 Å². The van der Waals surface area contributed by atoms with Crippen LogP contribution in [-0.4, -0.2) is 29.7 Å². The molecule has 150 valence electrons. The molecule has 30 heavy (non-hydrogen) atoms. The monoisotopic (exact) mass is 399 g/mol. The third-order valence-electron chi connectivity index (χ3n) is 6.04. The van der Waals surface area contributed by atoms with E-state index in [1.54, 1.807) is 6.07 Å². The molecule has 0 fully saturated rings. The lowest BCUT2D eigenvalue weighted by atomic mass is 9.90. The number of aliphatic carboxylic acids is 1. The lowest BCUT2D eigenvalue weighted by Gasteiger charge is -2.30. The Kier molecular flexibility index (Phi) is 4.60. The summed E-state index contributed by atoms with van der Waals surface area (Å²) in [6.45, 7) is 0.227. The highest BCUT2D eigenvalue weighted by atomic mass is 16.5. The zero-order valence-corrected chi connectivity index (χ0v) is 16.2. The Morgan fingerprint density at radius 3 is 2.07 bits per heavy atom. The van der Waals surface area contributed by atoms with Gasteiger partial charge in [-0.3, -0.25) is 14.9 Å². The van der Waals surface area contributed by atoms with Crippen molar-refractivity contribution in [3.05, 3.63) is 95.1 Å². The predicted molar refractivity (Wildman–Crippen MR) is 112 cm³/mol. The van der Waals surface area contributed by atoms with Gasteiger partial charge in [0.1, 0.15) is 18.7 Å². The lowest BCUT2D eigenvalue weighted by Crippen LogP contribution is -2.48. The standard InChI is InChI=1S/C25H21NO4/c27-24(28)23-16-8-2-1-7-15(16)13-22(26-23)25(29)30-14-21-19-11-5-3-9-17(19)18-10-4-6-12-20(18)21/h1-12,21-23,26H,13-14H2,(H,27,28)/t22-,23+/m1/s1. The second-order valence-electron chi connectivity index (χ2n) is 7.75. The van der Waals surface area contributed by atoms with Crippen LogP contribution >= 0.6 is 0 Å². The molecule has 5 heteroatoms. The van der Waals surface area contributed by atoms with Crippen molar-refractivity contribution in [2.75, 3.05) is 6.61 Å². The van der Waals surface area contributed by atoms with Gasteiger partial charge in [-0.05, 0) is 39.8 Å². The van der Waals surface area contributed by atoms with Gasteiger partial charge in [-0.25, -0.2) is 0 Å². The van der Waals surface area contributed by atoms with E-state index in [-0.39, 0.29) is 12.5 Å². The molecule has 0 saturated carbocycles. The van der Waals surface area contributed by atoms with Crippen LogP contribution in [0.1, 0.15) is 34.2 Å². The van der Waals surface area contributed by atoms with Gasteiger partial charge in [-0.15, -0.1) is 0 Å². The zero-order valence-electron chi connectivity index (χ0n) is 16.2. The number of benzene rings is 3. The first-order valence-electron chi connectivity index (χ1n) is 10.0. The molecule has 0 radical (unpaired) electrons. The van der Waals surface area contributed by atoms with E-state index in [1.165, 1.54) is 11.1 Å². The highest BCUT2D eigenvalue weighted by molar-refractivity contribution is 5.82. The van der Waals surface area contributed by atoms with Crippen molar-refractivity contribution in [3.63, 3.8) is 0 Å². The molecular weight excluding hydrogens is 378 g/mol. The third-order valence-corrected chi connectivity index (χ3v) is 6.04. The summed E-state index contributed by atoms with van der Waals surface area (Å²) in [5, 5.41) is 12.5. The molecule has 2 N–H and O–H groups in total. The molecule has 0 saturated heterocycles. The maximum absolute atomic E-state index is 12.9. The fraction of sp³-hybridized carbons (Fsp3) is 0.200. The second kappa shape index (κ2) is 7.43. The lowest BCUT2D eigenvalue weighted by molar-refractivity contribution is -0.148. The smallest absolute Gasteiger partial charge is 0.325 e. The average Bonchev–Trinajstić information content (AvgIpc) is 3.10. The maximum atomic E-state index is 12.9. The fourth-order valence-electron chi connectivity index (χ4n) is 4.63. The molecule has 0 spiro atoms. The molecule has 1 heterocycles. The number of rotatable bonds is 4. The molecule has 3 aromatic carbocycles. The number of hydrogen-bond acceptors (Lipinski definition) is 4. The van der Waals surface area contributed by atoms with Gasteiger partial charge in [0.2, 0.25) is 0 Å². The molecule has 0 amide bonds. The molecule has 2 atom stereocenters. The van der Waals surface area contributed by atoms with E-state index in [0.717, 1.165) is 16.7 Å². The van der Waals surface area contributed by atoms with Crippen LogP contribution in [0.2, 0.25) is 0 Å². The number of carbonyl (C=O) groups is 2. The van der Waals surface area contributed by atoms with Crippen molar-refractivity contribution < 1.29 is 19.4 Å². The van der Waals surface area contributed by atoms with Crippen LogP contribution in [0.25, 0.3) is 11.1 Å². The number of esters is 1. The zero-order chi connectivity index (χ0) is 20.7. The Morgan fingerprint density at radius 2 is 1.43 bits per heavy atom. The minimum Gasteiger partial charge on any atom is -0.480 e. The molecule has 2 aliphatic rings. The minimum atomic E-state index is -1.00. The van der Waals surface area contributed by atoms with Crippen LogP contribution in [0.15, 0.2) is 72.8 Å². The van der Waals surface area contributed by atoms with E-state index < -0.39 is 24.0 Å². The topological polar surface area (TPSA) is 75.6 Å². The SMILES string of the molecule is O=C(O)[C@H]1N[C@@H](C(=O)OCC2c3ccccc3-c3ccccc32)Cc2ccccc21. The van der Waals surface area contributed by atoms with Crippen LogP contribution in [-0.2, 0) is 20.7 Å². The van der Waals surface area contributed by atoms with E-state index in [2.05, 4.69) is 29.6 Å². The molecular formula is C25H21NO4. The van der Waals surface area contributed by atoms with Gasteiger partial charge in [0.25, 0.3) is 0 Å². The number of nitrogens with one attached hydrogen (secondary N) is 1. The quantitative estimate of drug-likeness (QED) is 0.655. The van der Waals surface area contributed by atoms with E-state index >= 15 is 0 Å². The first-order valence-corrected chi connectivity index (χ1v) is 10.0. The van der Waals surface area contributed by atoms with Gasteiger partial charge in [0, 0.05) is 5.92 Å². The van der Waals surface area contributed by atoms with Crippen LogP contribution in [0.3, 0.4) is 0 Å². The van der Waals surface area contributed by atoms with Gasteiger partial charge >= 0.3 is 11.9 Å². The molecule has 1 aliphatic heterocycles. The Labute approximate surface area is 174 Å². The van der Waals surface area contributed by atoms with E-state index in [4.69, 9.17) is 4.74 Å². The van der Waals surface area contributed by atoms with Gasteiger partial charge in [0.15, 0.2) is 0 Å². The van der Waals surface area contributed by atoms with Crippen molar-refractivity contribution >= 4 is 11.9 Å². The summed E-state index contributed by atoms with van der Waals surface area (Å²) in [6, 6.07) is 22.1. The third kappa shape index (κ3) is 3.08. The van der Waals surface area contributed by atoms with Gasteiger partial charge < -0.3 is 9.84 Å². The summed E-state index contributed by atoms with van der Waals surface area (Å²) >= 11 is 0. The molecule has 0 bridgehead atoms. The first-order chi connectivity index (χ1) is 14.6. The highest BCUT2D eigenvalue weighted by Gasteiger charge is 2.36. The predicted octanol–water partition coefficient (Wildman–Crippen LogP) is 3.68. The largest absolute Gasteiger partial charge is 0.480 e. The second-order valence-corrected chi connectivity index (χ2v) is 7.75. The minimum absolute atomic E-state index is 0.0208. The highest BCUT2D eigenvalue weighted by Crippen LogP contribution is 2.44. The summed E-state index contributed by atoms with van der Waals surface area (Å²) in [6.07, 6.45) is 0.413. The summed E-state index contributed by atoms with van der Waals surface area (Å²) in [4.78, 5) is 24.6. The molecule has 0 aromatic heterocycles. The van der Waals surface area contributed by atoms with Crippen LogP contribution in [0.4, 0.5) is 0 Å². The Morgan fingerprint density at radius 1 is 0.867 bits per heavy atom. The normalized spacial score (nSPS) is 19.5. The van der Waals surface area contributed by atoms with Crippen molar-refractivity contribution in [1.29, 1.82) is 0 Å². The van der Waals surface area contributed by atoms with E-state index in [9.17, 15) is 14.7 Å². The van der Waals surface area contributed by atoms with Crippen molar-refractivity contribution in [2.24, 2.45) is 0 Å². The Bertz CT molecular complexity index is 1090. The van der Waals surface area contributed by atoms with Crippen LogP contribution < -0.4 is 5.32 Å². The fourth-order valence-corrected chi connectivity index (χ4v) is 4.63. The van der Waals surface area contributed by atoms with Crippen molar-refractivity contribution in [3.8, 4) is 11.1 Å². The summed E-state index contributed by atoms with van der Waals surface area (Å²) in [5.41, 5.74) is 6.21. The Hall–Kier alpha value is -3.44.